The summed E-state index contributed by atoms with van der Waals surface area (Å²) in [5.74, 6) is -1.06. The molecule has 0 radical (unpaired) electrons. The Morgan fingerprint density at radius 2 is 2.20 bits per heavy atom. The number of amides is 1. The molecule has 4 rings (SSSR count). The third-order valence-electron chi connectivity index (χ3n) is 4.74. The zero-order valence-electron chi connectivity index (χ0n) is 15.9. The van der Waals surface area contributed by atoms with Gasteiger partial charge in [0.25, 0.3) is 0 Å². The molecule has 0 aliphatic heterocycles. The summed E-state index contributed by atoms with van der Waals surface area (Å²) in [5, 5.41) is 14.7. The van der Waals surface area contributed by atoms with E-state index in [0.717, 1.165) is 4.88 Å². The predicted octanol–water partition coefficient (Wildman–Crippen LogP) is 3.69. The number of H-pyrrole nitrogens is 1. The molecular formula is C21H18FN3O4S. The first kappa shape index (κ1) is 19.8. The van der Waals surface area contributed by atoms with Crippen molar-refractivity contribution in [3.05, 3.63) is 64.7 Å². The summed E-state index contributed by atoms with van der Waals surface area (Å²) < 4.78 is 19.0. The number of aliphatic carboxylic acids is 1. The van der Waals surface area contributed by atoms with Gasteiger partial charge in [-0.1, -0.05) is 6.07 Å². The molecule has 0 fully saturated rings. The first-order valence-corrected chi connectivity index (χ1v) is 10.1. The number of hydrogen-bond acceptors (Lipinski definition) is 5. The largest absolute Gasteiger partial charge is 0.480 e. The number of oxazole rings is 1. The Morgan fingerprint density at radius 3 is 2.93 bits per heavy atom. The molecule has 0 saturated carbocycles. The quantitative estimate of drug-likeness (QED) is 0.417. The first-order chi connectivity index (χ1) is 14.4. The van der Waals surface area contributed by atoms with Crippen LogP contribution >= 0.6 is 11.3 Å². The van der Waals surface area contributed by atoms with Crippen LogP contribution in [-0.2, 0) is 22.4 Å². The number of aromatic amines is 1. The molecule has 0 spiro atoms. The van der Waals surface area contributed by atoms with Gasteiger partial charge in [-0.15, -0.1) is 11.3 Å². The highest BCUT2D eigenvalue weighted by Crippen LogP contribution is 2.26. The molecule has 30 heavy (non-hydrogen) atoms. The maximum atomic E-state index is 13.4. The number of carbonyl (C=O) groups excluding carboxylic acids is 1. The van der Waals surface area contributed by atoms with Crippen LogP contribution in [-0.4, -0.2) is 33.0 Å². The number of aryl methyl sites for hydroxylation is 1. The highest BCUT2D eigenvalue weighted by molar-refractivity contribution is 7.13. The van der Waals surface area contributed by atoms with Crippen molar-refractivity contribution in [2.24, 2.45) is 0 Å². The number of benzene rings is 1. The Balaban J connectivity index is 1.47. The van der Waals surface area contributed by atoms with E-state index in [-0.39, 0.29) is 18.7 Å². The van der Waals surface area contributed by atoms with E-state index in [4.69, 9.17) is 4.42 Å². The summed E-state index contributed by atoms with van der Waals surface area (Å²) in [6.07, 6.45) is 1.59. The molecule has 3 N–H and O–H groups in total. The molecule has 0 aliphatic rings. The van der Waals surface area contributed by atoms with Crippen molar-refractivity contribution in [2.75, 3.05) is 0 Å². The molecule has 1 aromatic carbocycles. The second-order valence-electron chi connectivity index (χ2n) is 6.84. The second-order valence-corrected chi connectivity index (χ2v) is 7.79. The molecule has 4 aromatic rings. The fourth-order valence-corrected chi connectivity index (χ4v) is 3.89. The summed E-state index contributed by atoms with van der Waals surface area (Å²) in [6, 6.07) is 6.85. The van der Waals surface area contributed by atoms with Crippen LogP contribution in [0.15, 0.2) is 46.3 Å². The lowest BCUT2D eigenvalue weighted by molar-refractivity contribution is -0.141. The fraction of sp³-hybridized carbons (Fsp3) is 0.190. The number of hydrogen-bond donors (Lipinski definition) is 3. The normalized spacial score (nSPS) is 12.2. The van der Waals surface area contributed by atoms with Crippen LogP contribution in [0.1, 0.15) is 17.0 Å². The number of carboxylic acid groups (broad SMARTS) is 1. The van der Waals surface area contributed by atoms with Crippen LogP contribution in [0.5, 0.6) is 0 Å². The van der Waals surface area contributed by atoms with Crippen molar-refractivity contribution in [3.63, 3.8) is 0 Å². The highest BCUT2D eigenvalue weighted by Gasteiger charge is 2.23. The van der Waals surface area contributed by atoms with Crippen LogP contribution in [0.25, 0.3) is 21.7 Å². The number of halogens is 1. The van der Waals surface area contributed by atoms with Crippen molar-refractivity contribution < 1.29 is 23.5 Å². The lowest BCUT2D eigenvalue weighted by Crippen LogP contribution is -2.43. The van der Waals surface area contributed by atoms with Gasteiger partial charge >= 0.3 is 5.97 Å². The van der Waals surface area contributed by atoms with Crippen LogP contribution in [0.2, 0.25) is 0 Å². The molecular weight excluding hydrogens is 409 g/mol. The average Bonchev–Trinajstić information content (AvgIpc) is 3.42. The smallest absolute Gasteiger partial charge is 0.326 e. The van der Waals surface area contributed by atoms with Crippen LogP contribution in [0.4, 0.5) is 4.39 Å². The topological polar surface area (TPSA) is 108 Å². The number of rotatable bonds is 7. The van der Waals surface area contributed by atoms with Crippen molar-refractivity contribution in [1.82, 2.24) is 15.3 Å². The van der Waals surface area contributed by atoms with Gasteiger partial charge in [-0.05, 0) is 42.1 Å². The van der Waals surface area contributed by atoms with Crippen LogP contribution in [0.3, 0.4) is 0 Å². The summed E-state index contributed by atoms with van der Waals surface area (Å²) in [7, 11) is 0. The summed E-state index contributed by atoms with van der Waals surface area (Å²) in [6.45, 7) is 1.71. The number of fused-ring (bicyclic) bond motifs is 1. The molecule has 0 aliphatic carbocycles. The lowest BCUT2D eigenvalue weighted by atomic mass is 10.0. The van der Waals surface area contributed by atoms with Crippen molar-refractivity contribution >= 4 is 34.1 Å². The molecule has 1 amide bonds. The molecule has 9 heteroatoms. The van der Waals surface area contributed by atoms with E-state index in [1.807, 2.05) is 17.5 Å². The van der Waals surface area contributed by atoms with E-state index < -0.39 is 17.9 Å². The maximum Gasteiger partial charge on any atom is 0.326 e. The monoisotopic (exact) mass is 427 g/mol. The van der Waals surface area contributed by atoms with Gasteiger partial charge in [0.05, 0.1) is 17.0 Å². The minimum atomic E-state index is -1.16. The number of carboxylic acids is 1. The number of aromatic nitrogens is 2. The van der Waals surface area contributed by atoms with E-state index in [1.165, 1.54) is 23.5 Å². The SMILES string of the molecule is Cc1oc(-c2cccs2)nc1CC(=O)N[C@@H](Cc1c[nH]c2cc(F)ccc12)C(=O)O. The van der Waals surface area contributed by atoms with Gasteiger partial charge in [0.2, 0.25) is 11.8 Å². The number of carbonyl (C=O) groups is 2. The predicted molar refractivity (Wildman–Crippen MR) is 110 cm³/mol. The van der Waals surface area contributed by atoms with Gasteiger partial charge in [-0.3, -0.25) is 4.79 Å². The summed E-state index contributed by atoms with van der Waals surface area (Å²) in [5.41, 5.74) is 1.71. The Kier molecular flexibility index (Phi) is 5.37. The minimum absolute atomic E-state index is 0.0605. The number of nitrogens with zero attached hydrogens (tertiary/aromatic N) is 1. The minimum Gasteiger partial charge on any atom is -0.480 e. The van der Waals surface area contributed by atoms with Gasteiger partial charge in [0, 0.05) is 23.5 Å². The Labute approximate surface area is 174 Å². The van der Waals surface area contributed by atoms with E-state index in [0.29, 0.717) is 33.8 Å². The Hall–Kier alpha value is -3.46. The van der Waals surface area contributed by atoms with Crippen LogP contribution < -0.4 is 5.32 Å². The molecule has 0 unspecified atom stereocenters. The van der Waals surface area contributed by atoms with E-state index >= 15 is 0 Å². The van der Waals surface area contributed by atoms with Gasteiger partial charge in [-0.2, -0.15) is 0 Å². The van der Waals surface area contributed by atoms with E-state index in [9.17, 15) is 19.1 Å². The van der Waals surface area contributed by atoms with Crippen molar-refractivity contribution in [1.29, 1.82) is 0 Å². The van der Waals surface area contributed by atoms with Gasteiger partial charge in [-0.25, -0.2) is 14.2 Å². The van der Waals surface area contributed by atoms with Gasteiger partial charge in [0.1, 0.15) is 17.6 Å². The molecule has 3 aromatic heterocycles. The highest BCUT2D eigenvalue weighted by atomic mass is 32.1. The third kappa shape index (κ3) is 4.11. The Morgan fingerprint density at radius 1 is 1.37 bits per heavy atom. The maximum absolute atomic E-state index is 13.4. The Bertz CT molecular complexity index is 1210. The second kappa shape index (κ2) is 8.11. The first-order valence-electron chi connectivity index (χ1n) is 9.18. The lowest BCUT2D eigenvalue weighted by Gasteiger charge is -2.14. The van der Waals surface area contributed by atoms with Crippen molar-refractivity contribution in [2.45, 2.75) is 25.8 Å². The van der Waals surface area contributed by atoms with Crippen molar-refractivity contribution in [3.8, 4) is 10.8 Å². The number of nitrogens with one attached hydrogen (secondary N) is 2. The summed E-state index contributed by atoms with van der Waals surface area (Å²) in [4.78, 5) is 32.4. The molecule has 7 nitrogen and oxygen atoms in total. The van der Waals surface area contributed by atoms with E-state index in [1.54, 1.807) is 19.2 Å². The standard InChI is InChI=1S/C21H18FN3O4S/c1-11-15(25-20(29-11)18-3-2-6-30-18)9-19(26)24-17(21(27)28)7-12-10-23-16-8-13(22)4-5-14(12)16/h2-6,8,10,17,23H,7,9H2,1H3,(H,24,26)(H,27,28)/t17-/m0/s1. The zero-order chi connectivity index (χ0) is 21.3. The van der Waals surface area contributed by atoms with Crippen LogP contribution in [0, 0.1) is 12.7 Å². The van der Waals surface area contributed by atoms with E-state index in [2.05, 4.69) is 15.3 Å². The fourth-order valence-electron chi connectivity index (χ4n) is 3.24. The molecule has 154 valence electrons. The number of thiophene rings is 1. The third-order valence-corrected chi connectivity index (χ3v) is 5.60. The molecule has 3 heterocycles. The molecule has 0 bridgehead atoms. The van der Waals surface area contributed by atoms with Gasteiger partial charge < -0.3 is 19.8 Å². The van der Waals surface area contributed by atoms with Gasteiger partial charge in [0.15, 0.2) is 0 Å². The summed E-state index contributed by atoms with van der Waals surface area (Å²) >= 11 is 1.47. The zero-order valence-corrected chi connectivity index (χ0v) is 16.8. The molecule has 0 saturated heterocycles. The molecule has 1 atom stereocenters. The average molecular weight is 427 g/mol.